The minimum atomic E-state index is -0.181. The second-order valence-electron chi connectivity index (χ2n) is 4.09. The van der Waals surface area contributed by atoms with Gasteiger partial charge in [-0.05, 0) is 30.0 Å². The Balaban J connectivity index is 2.77. The molecule has 0 aromatic heterocycles. The third-order valence-corrected chi connectivity index (χ3v) is 2.08. The van der Waals surface area contributed by atoms with Crippen molar-refractivity contribution in [1.29, 1.82) is 10.5 Å². The van der Waals surface area contributed by atoms with Gasteiger partial charge in [-0.15, -0.1) is 0 Å². The maximum Gasteiger partial charge on any atom is 0.237 e. The zero-order chi connectivity index (χ0) is 12.7. The summed E-state index contributed by atoms with van der Waals surface area (Å²) in [6.07, 6.45) is 0.989. The highest BCUT2D eigenvalue weighted by molar-refractivity contribution is 6.10. The van der Waals surface area contributed by atoms with Gasteiger partial charge in [-0.25, -0.2) is 0 Å². The Morgan fingerprint density at radius 3 is 2.65 bits per heavy atom. The largest absolute Gasteiger partial charge is 0.277 e. The van der Waals surface area contributed by atoms with Crippen LogP contribution in [0.15, 0.2) is 29.4 Å². The smallest absolute Gasteiger partial charge is 0.237 e. The summed E-state index contributed by atoms with van der Waals surface area (Å²) in [6, 6.07) is 11.2. The minimum absolute atomic E-state index is 0.181. The highest BCUT2D eigenvalue weighted by Gasteiger charge is 1.99. The number of nitriles is 2. The molecule has 0 saturated carbocycles. The standard InChI is InChI=1S/C13H14N4/c1-10(2)6-11-4-3-5-12(7-11)16-17-13(8-14)9-15/h3-5,7,10,16H,6H2,1-2H3. The molecule has 0 aliphatic rings. The van der Waals surface area contributed by atoms with Crippen LogP contribution in [0.25, 0.3) is 0 Å². The van der Waals surface area contributed by atoms with Gasteiger partial charge in [0.15, 0.2) is 0 Å². The number of nitrogens with zero attached hydrogens (tertiary/aromatic N) is 3. The Labute approximate surface area is 101 Å². The molecule has 1 aromatic rings. The van der Waals surface area contributed by atoms with Gasteiger partial charge in [-0.1, -0.05) is 26.0 Å². The fraction of sp³-hybridized carbons (Fsp3) is 0.308. The average Bonchev–Trinajstić information content (AvgIpc) is 2.30. The Morgan fingerprint density at radius 2 is 2.06 bits per heavy atom. The first kappa shape index (κ1) is 12.7. The van der Waals surface area contributed by atoms with E-state index in [0.717, 1.165) is 12.1 Å². The molecule has 0 atom stereocenters. The molecular formula is C13H14N4. The van der Waals surface area contributed by atoms with Crippen LogP contribution in [0.5, 0.6) is 0 Å². The summed E-state index contributed by atoms with van der Waals surface area (Å²) in [5.41, 5.74) is 4.51. The summed E-state index contributed by atoms with van der Waals surface area (Å²) < 4.78 is 0. The van der Waals surface area contributed by atoms with Crippen molar-refractivity contribution in [2.24, 2.45) is 11.0 Å². The second-order valence-corrected chi connectivity index (χ2v) is 4.09. The van der Waals surface area contributed by atoms with Crippen molar-refractivity contribution in [1.82, 2.24) is 0 Å². The first-order chi connectivity index (χ1) is 8.15. The zero-order valence-electron chi connectivity index (χ0n) is 9.94. The van der Waals surface area contributed by atoms with Crippen molar-refractivity contribution in [2.75, 3.05) is 5.43 Å². The van der Waals surface area contributed by atoms with E-state index in [0.29, 0.717) is 5.92 Å². The minimum Gasteiger partial charge on any atom is -0.277 e. The lowest BCUT2D eigenvalue weighted by atomic mass is 10.0. The Bertz CT molecular complexity index is 473. The molecule has 17 heavy (non-hydrogen) atoms. The molecule has 4 heteroatoms. The van der Waals surface area contributed by atoms with Crippen molar-refractivity contribution in [3.05, 3.63) is 29.8 Å². The third-order valence-electron chi connectivity index (χ3n) is 2.08. The van der Waals surface area contributed by atoms with Crippen LogP contribution in [-0.4, -0.2) is 5.71 Å². The van der Waals surface area contributed by atoms with Crippen LogP contribution in [0, 0.1) is 28.6 Å². The highest BCUT2D eigenvalue weighted by Crippen LogP contribution is 2.14. The summed E-state index contributed by atoms with van der Waals surface area (Å²) >= 11 is 0. The van der Waals surface area contributed by atoms with E-state index in [1.54, 1.807) is 12.1 Å². The van der Waals surface area contributed by atoms with Crippen LogP contribution in [-0.2, 0) is 6.42 Å². The van der Waals surface area contributed by atoms with E-state index in [1.807, 2.05) is 24.3 Å². The summed E-state index contributed by atoms with van der Waals surface area (Å²) in [7, 11) is 0. The Hall–Kier alpha value is -2.33. The number of hydrogen-bond acceptors (Lipinski definition) is 4. The molecule has 4 nitrogen and oxygen atoms in total. The molecule has 1 aromatic carbocycles. The monoisotopic (exact) mass is 226 g/mol. The molecule has 0 amide bonds. The molecule has 0 spiro atoms. The lowest BCUT2D eigenvalue weighted by Crippen LogP contribution is -1.98. The van der Waals surface area contributed by atoms with Gasteiger partial charge in [0.05, 0.1) is 5.69 Å². The summed E-state index contributed by atoms with van der Waals surface area (Å²) in [5, 5.41) is 20.8. The lowest BCUT2D eigenvalue weighted by Gasteiger charge is -2.06. The van der Waals surface area contributed by atoms with Gasteiger partial charge in [-0.3, -0.25) is 5.43 Å². The Morgan fingerprint density at radius 1 is 1.35 bits per heavy atom. The molecule has 86 valence electrons. The molecule has 0 saturated heterocycles. The van der Waals surface area contributed by atoms with Crippen LogP contribution in [0.3, 0.4) is 0 Å². The zero-order valence-corrected chi connectivity index (χ0v) is 9.94. The number of rotatable bonds is 4. The SMILES string of the molecule is CC(C)Cc1cccc(NN=C(C#N)C#N)c1. The van der Waals surface area contributed by atoms with Crippen molar-refractivity contribution in [3.8, 4) is 12.1 Å². The van der Waals surface area contributed by atoms with Crippen LogP contribution in [0.4, 0.5) is 5.69 Å². The van der Waals surface area contributed by atoms with Crippen LogP contribution >= 0.6 is 0 Å². The van der Waals surface area contributed by atoms with E-state index in [1.165, 1.54) is 5.56 Å². The first-order valence-electron chi connectivity index (χ1n) is 5.38. The van der Waals surface area contributed by atoms with Gasteiger partial charge < -0.3 is 0 Å². The van der Waals surface area contributed by atoms with Crippen LogP contribution in [0.2, 0.25) is 0 Å². The quantitative estimate of drug-likeness (QED) is 0.633. The fourth-order valence-corrected chi connectivity index (χ4v) is 1.43. The number of nitrogens with one attached hydrogen (secondary N) is 1. The molecule has 0 radical (unpaired) electrons. The third kappa shape index (κ3) is 4.36. The second kappa shape index (κ2) is 6.30. The summed E-state index contributed by atoms with van der Waals surface area (Å²) in [5.74, 6) is 0.586. The molecule has 1 N–H and O–H groups in total. The van der Waals surface area contributed by atoms with Crippen molar-refractivity contribution < 1.29 is 0 Å². The van der Waals surface area contributed by atoms with Crippen molar-refractivity contribution >= 4 is 11.4 Å². The van der Waals surface area contributed by atoms with E-state index < -0.39 is 0 Å². The van der Waals surface area contributed by atoms with Crippen LogP contribution < -0.4 is 5.43 Å². The molecule has 0 heterocycles. The normalized spacial score (nSPS) is 9.24. The van der Waals surface area contributed by atoms with Crippen molar-refractivity contribution in [2.45, 2.75) is 20.3 Å². The molecule has 0 aliphatic heterocycles. The fourth-order valence-electron chi connectivity index (χ4n) is 1.43. The maximum atomic E-state index is 8.53. The number of anilines is 1. The van der Waals surface area contributed by atoms with Gasteiger partial charge >= 0.3 is 0 Å². The molecular weight excluding hydrogens is 212 g/mol. The van der Waals surface area contributed by atoms with E-state index in [9.17, 15) is 0 Å². The number of hydrogen-bond donors (Lipinski definition) is 1. The molecule has 0 bridgehead atoms. The molecule has 0 aliphatic carbocycles. The van der Waals surface area contributed by atoms with Crippen LogP contribution in [0.1, 0.15) is 19.4 Å². The van der Waals surface area contributed by atoms with Gasteiger partial charge in [0.2, 0.25) is 5.71 Å². The molecule has 0 unspecified atom stereocenters. The number of hydrazone groups is 1. The lowest BCUT2D eigenvalue weighted by molar-refractivity contribution is 0.647. The van der Waals surface area contributed by atoms with E-state index >= 15 is 0 Å². The average molecular weight is 226 g/mol. The Kier molecular flexibility index (Phi) is 4.72. The van der Waals surface area contributed by atoms with Gasteiger partial charge in [0, 0.05) is 0 Å². The predicted octanol–water partition coefficient (Wildman–Crippen LogP) is 2.70. The molecule has 1 rings (SSSR count). The highest BCUT2D eigenvalue weighted by atomic mass is 15.3. The first-order valence-corrected chi connectivity index (χ1v) is 5.38. The van der Waals surface area contributed by atoms with Gasteiger partial charge in [-0.2, -0.15) is 15.6 Å². The van der Waals surface area contributed by atoms with Gasteiger partial charge in [0.25, 0.3) is 0 Å². The van der Waals surface area contributed by atoms with E-state index in [2.05, 4.69) is 24.4 Å². The van der Waals surface area contributed by atoms with E-state index in [4.69, 9.17) is 10.5 Å². The van der Waals surface area contributed by atoms with Crippen molar-refractivity contribution in [3.63, 3.8) is 0 Å². The predicted molar refractivity (Wildman–Crippen MR) is 67.3 cm³/mol. The topological polar surface area (TPSA) is 72.0 Å². The van der Waals surface area contributed by atoms with Gasteiger partial charge in [0.1, 0.15) is 12.1 Å². The molecule has 0 fully saturated rings. The van der Waals surface area contributed by atoms with E-state index in [-0.39, 0.29) is 5.71 Å². The summed E-state index contributed by atoms with van der Waals surface area (Å²) in [6.45, 7) is 4.31. The summed E-state index contributed by atoms with van der Waals surface area (Å²) in [4.78, 5) is 0. The maximum absolute atomic E-state index is 8.53. The number of benzene rings is 1.